The van der Waals surface area contributed by atoms with Gasteiger partial charge in [-0.25, -0.2) is 0 Å². The van der Waals surface area contributed by atoms with Crippen LogP contribution in [0.3, 0.4) is 0 Å². The summed E-state index contributed by atoms with van der Waals surface area (Å²) >= 11 is 0. The Morgan fingerprint density at radius 3 is 2.67 bits per heavy atom. The van der Waals surface area contributed by atoms with Crippen LogP contribution >= 0.6 is 0 Å². The van der Waals surface area contributed by atoms with Crippen LogP contribution in [0.4, 0.5) is 0 Å². The number of nitrogens with zero attached hydrogens (tertiary/aromatic N) is 1. The van der Waals surface area contributed by atoms with Crippen LogP contribution in [0, 0.1) is 5.41 Å². The maximum atomic E-state index is 12.4. The highest BCUT2D eigenvalue weighted by atomic mass is 16.3. The van der Waals surface area contributed by atoms with Gasteiger partial charge in [-0.3, -0.25) is 9.69 Å². The molecule has 3 nitrogen and oxygen atoms in total. The van der Waals surface area contributed by atoms with E-state index in [0.717, 1.165) is 24.1 Å². The fourth-order valence-electron chi connectivity index (χ4n) is 3.00. The molecule has 0 bridgehead atoms. The first-order valence-electron chi connectivity index (χ1n) is 7.84. The quantitative estimate of drug-likeness (QED) is 0.792. The molecular formula is C18H23NO2. The van der Waals surface area contributed by atoms with Crippen molar-refractivity contribution in [1.82, 2.24) is 4.90 Å². The van der Waals surface area contributed by atoms with Crippen molar-refractivity contribution in [3.05, 3.63) is 36.1 Å². The molecule has 3 heteroatoms. The van der Waals surface area contributed by atoms with Gasteiger partial charge in [-0.2, -0.15) is 0 Å². The Morgan fingerprint density at radius 2 is 2.00 bits per heavy atom. The van der Waals surface area contributed by atoms with Gasteiger partial charge in [0.1, 0.15) is 5.58 Å². The summed E-state index contributed by atoms with van der Waals surface area (Å²) in [6, 6.07) is 9.62. The van der Waals surface area contributed by atoms with E-state index in [1.165, 1.54) is 19.3 Å². The number of fused-ring (bicyclic) bond motifs is 1. The van der Waals surface area contributed by atoms with Gasteiger partial charge in [-0.05, 0) is 43.5 Å². The Balaban J connectivity index is 1.64. The van der Waals surface area contributed by atoms with E-state index in [-0.39, 0.29) is 5.78 Å². The zero-order valence-electron chi connectivity index (χ0n) is 12.9. The number of carbonyl (C=O) groups excluding carboxylic acids is 1. The van der Waals surface area contributed by atoms with E-state index in [0.29, 0.717) is 17.7 Å². The van der Waals surface area contributed by atoms with E-state index in [1.54, 1.807) is 0 Å². The third-order valence-electron chi connectivity index (χ3n) is 4.98. The molecule has 1 saturated heterocycles. The van der Waals surface area contributed by atoms with E-state index in [9.17, 15) is 4.79 Å². The number of carbonyl (C=O) groups is 1. The highest BCUT2D eigenvalue weighted by Crippen LogP contribution is 2.33. The van der Waals surface area contributed by atoms with Crippen LogP contribution in [0.25, 0.3) is 11.0 Å². The van der Waals surface area contributed by atoms with Crippen LogP contribution in [-0.4, -0.2) is 30.3 Å². The van der Waals surface area contributed by atoms with Crippen LogP contribution in [0.5, 0.6) is 0 Å². The van der Waals surface area contributed by atoms with Crippen molar-refractivity contribution in [1.29, 1.82) is 0 Å². The molecule has 1 aromatic heterocycles. The minimum absolute atomic E-state index is 0.0892. The summed E-state index contributed by atoms with van der Waals surface area (Å²) in [5.74, 6) is 0.575. The minimum atomic E-state index is 0.0892. The molecule has 3 rings (SSSR count). The second-order valence-corrected chi connectivity index (χ2v) is 6.51. The summed E-state index contributed by atoms with van der Waals surface area (Å²) in [5, 5.41) is 0.998. The molecule has 1 aromatic carbocycles. The first kappa shape index (κ1) is 14.3. The lowest BCUT2D eigenvalue weighted by atomic mass is 9.78. The number of ketones is 1. The van der Waals surface area contributed by atoms with Crippen molar-refractivity contribution in [2.75, 3.05) is 19.6 Å². The average Bonchev–Trinajstić information content (AvgIpc) is 2.94. The lowest BCUT2D eigenvalue weighted by molar-refractivity contribution is 0.0791. The number of furan rings is 1. The normalized spacial score (nSPS) is 19.0. The summed E-state index contributed by atoms with van der Waals surface area (Å²) in [7, 11) is 0. The van der Waals surface area contributed by atoms with Crippen LogP contribution in [0.1, 0.15) is 43.7 Å². The molecule has 2 heterocycles. The number of likely N-dealkylation sites (tertiary alicyclic amines) is 1. The molecule has 0 spiro atoms. The van der Waals surface area contributed by atoms with Crippen molar-refractivity contribution >= 4 is 16.8 Å². The Morgan fingerprint density at radius 1 is 1.29 bits per heavy atom. The molecule has 0 radical (unpaired) electrons. The SMILES string of the molecule is CCC1(C)CCN(CC(=O)c2cc3ccccc3o2)CC1. The molecule has 1 aliphatic heterocycles. The molecule has 0 N–H and O–H groups in total. The van der Waals surface area contributed by atoms with Crippen molar-refractivity contribution in [3.63, 3.8) is 0 Å². The highest BCUT2D eigenvalue weighted by molar-refractivity contribution is 5.98. The van der Waals surface area contributed by atoms with Gasteiger partial charge >= 0.3 is 0 Å². The Bertz CT molecular complexity index is 602. The molecule has 2 aromatic rings. The maximum absolute atomic E-state index is 12.4. The number of hydrogen-bond acceptors (Lipinski definition) is 3. The lowest BCUT2D eigenvalue weighted by Gasteiger charge is -2.38. The zero-order chi connectivity index (χ0) is 14.9. The molecule has 21 heavy (non-hydrogen) atoms. The number of Topliss-reactive ketones (excluding diaryl/α,β-unsaturated/α-hetero) is 1. The second-order valence-electron chi connectivity index (χ2n) is 6.51. The summed E-state index contributed by atoms with van der Waals surface area (Å²) < 4.78 is 5.66. The predicted octanol–water partition coefficient (Wildman–Crippen LogP) is 4.13. The van der Waals surface area contributed by atoms with Crippen LogP contribution in [0.2, 0.25) is 0 Å². The first-order chi connectivity index (χ1) is 10.1. The molecule has 112 valence electrons. The summed E-state index contributed by atoms with van der Waals surface area (Å²) in [6.07, 6.45) is 3.58. The van der Waals surface area contributed by atoms with Crippen molar-refractivity contribution < 1.29 is 9.21 Å². The third-order valence-corrected chi connectivity index (χ3v) is 4.98. The fraction of sp³-hybridized carbons (Fsp3) is 0.500. The Labute approximate surface area is 125 Å². The number of benzene rings is 1. The van der Waals surface area contributed by atoms with E-state index < -0.39 is 0 Å². The molecule has 0 saturated carbocycles. The van der Waals surface area contributed by atoms with Gasteiger partial charge in [0.15, 0.2) is 5.76 Å². The number of para-hydroxylation sites is 1. The maximum Gasteiger partial charge on any atom is 0.211 e. The summed E-state index contributed by atoms with van der Waals surface area (Å²) in [5.41, 5.74) is 1.25. The smallest absolute Gasteiger partial charge is 0.211 e. The molecule has 0 unspecified atom stereocenters. The summed E-state index contributed by atoms with van der Waals surface area (Å²) in [6.45, 7) is 7.10. The van der Waals surface area contributed by atoms with Crippen LogP contribution in [0.15, 0.2) is 34.7 Å². The molecule has 0 atom stereocenters. The van der Waals surface area contributed by atoms with Gasteiger partial charge in [-0.1, -0.05) is 38.5 Å². The van der Waals surface area contributed by atoms with Gasteiger partial charge in [-0.15, -0.1) is 0 Å². The fourth-order valence-corrected chi connectivity index (χ4v) is 3.00. The Hall–Kier alpha value is -1.61. The van der Waals surface area contributed by atoms with Gasteiger partial charge in [0.05, 0.1) is 6.54 Å². The highest BCUT2D eigenvalue weighted by Gasteiger charge is 2.29. The lowest BCUT2D eigenvalue weighted by Crippen LogP contribution is -2.40. The molecule has 1 fully saturated rings. The second kappa shape index (κ2) is 5.64. The van der Waals surface area contributed by atoms with Gasteiger partial charge in [0, 0.05) is 5.39 Å². The third kappa shape index (κ3) is 3.03. The monoisotopic (exact) mass is 285 g/mol. The van der Waals surface area contributed by atoms with Gasteiger partial charge in [0.25, 0.3) is 0 Å². The largest absolute Gasteiger partial charge is 0.453 e. The molecule has 0 aliphatic carbocycles. The van der Waals surface area contributed by atoms with E-state index in [4.69, 9.17) is 4.42 Å². The summed E-state index contributed by atoms with van der Waals surface area (Å²) in [4.78, 5) is 14.6. The molecular weight excluding hydrogens is 262 g/mol. The first-order valence-corrected chi connectivity index (χ1v) is 7.84. The molecule has 1 aliphatic rings. The van der Waals surface area contributed by atoms with Crippen LogP contribution in [-0.2, 0) is 0 Å². The number of rotatable bonds is 4. The zero-order valence-corrected chi connectivity index (χ0v) is 12.9. The van der Waals surface area contributed by atoms with Crippen molar-refractivity contribution in [2.45, 2.75) is 33.1 Å². The van der Waals surface area contributed by atoms with Crippen LogP contribution < -0.4 is 0 Å². The van der Waals surface area contributed by atoms with E-state index >= 15 is 0 Å². The van der Waals surface area contributed by atoms with Gasteiger partial charge in [0.2, 0.25) is 5.78 Å². The predicted molar refractivity (Wildman–Crippen MR) is 84.6 cm³/mol. The van der Waals surface area contributed by atoms with Crippen molar-refractivity contribution in [2.24, 2.45) is 5.41 Å². The minimum Gasteiger partial charge on any atom is -0.453 e. The van der Waals surface area contributed by atoms with Gasteiger partial charge < -0.3 is 4.42 Å². The Kier molecular flexibility index (Phi) is 3.85. The number of piperidine rings is 1. The molecule has 0 amide bonds. The number of hydrogen-bond donors (Lipinski definition) is 0. The standard InChI is InChI=1S/C18H23NO2/c1-3-18(2)8-10-19(11-9-18)13-15(20)17-12-14-6-4-5-7-16(14)21-17/h4-7,12H,3,8-11,13H2,1-2H3. The van der Waals surface area contributed by atoms with E-state index in [1.807, 2.05) is 30.3 Å². The topological polar surface area (TPSA) is 33.5 Å². The van der Waals surface area contributed by atoms with Crippen molar-refractivity contribution in [3.8, 4) is 0 Å². The van der Waals surface area contributed by atoms with E-state index in [2.05, 4.69) is 18.7 Å². The average molecular weight is 285 g/mol.